The molecule has 0 saturated carbocycles. The summed E-state index contributed by atoms with van der Waals surface area (Å²) in [6, 6.07) is 13.4. The van der Waals surface area contributed by atoms with E-state index in [9.17, 15) is 20.2 Å². The Morgan fingerprint density at radius 3 is 2.50 bits per heavy atom. The summed E-state index contributed by atoms with van der Waals surface area (Å²) in [6.07, 6.45) is 5.29. The number of rotatable bonds is 8. The fourth-order valence-corrected chi connectivity index (χ4v) is 2.57. The first-order valence-corrected chi connectivity index (χ1v) is 8.66. The zero-order valence-corrected chi connectivity index (χ0v) is 15.7. The second-order valence-corrected chi connectivity index (χ2v) is 6.44. The highest BCUT2D eigenvalue weighted by Gasteiger charge is 2.18. The van der Waals surface area contributed by atoms with Crippen molar-refractivity contribution in [3.05, 3.63) is 84.0 Å². The van der Waals surface area contributed by atoms with Gasteiger partial charge >= 0.3 is 5.69 Å². The number of hydrogen-bond acceptors (Lipinski definition) is 6. The molecule has 2 aromatic rings. The molecule has 0 radical (unpaired) electrons. The zero-order chi connectivity index (χ0) is 18.9. The minimum absolute atomic E-state index is 0.0883. The van der Waals surface area contributed by atoms with Gasteiger partial charge in [0.05, 0.1) is 22.1 Å². The zero-order valence-electron chi connectivity index (χ0n) is 13.5. The number of aryl methyl sites for hydroxylation is 1. The van der Waals surface area contributed by atoms with E-state index in [1.54, 1.807) is 0 Å². The number of hydrazone groups is 1. The van der Waals surface area contributed by atoms with Crippen LogP contribution in [0.25, 0.3) is 0 Å². The van der Waals surface area contributed by atoms with E-state index < -0.39 is 15.5 Å². The van der Waals surface area contributed by atoms with Gasteiger partial charge in [0, 0.05) is 9.65 Å². The molecule has 0 saturated heterocycles. The molecular weight excluding hydrogens is 451 g/mol. The third-order valence-electron chi connectivity index (χ3n) is 3.38. The number of nitro groups is 2. The average Bonchev–Trinajstić information content (AvgIpc) is 2.62. The van der Waals surface area contributed by atoms with Crippen LogP contribution in [0.3, 0.4) is 0 Å². The van der Waals surface area contributed by atoms with Crippen LogP contribution >= 0.6 is 22.6 Å². The normalized spacial score (nSPS) is 11.5. The molecule has 0 aromatic heterocycles. The monoisotopic (exact) mass is 466 g/mol. The van der Waals surface area contributed by atoms with Crippen LogP contribution in [0.2, 0.25) is 0 Å². The van der Waals surface area contributed by atoms with E-state index in [0.717, 1.165) is 22.5 Å². The molecule has 0 fully saturated rings. The third kappa shape index (κ3) is 5.92. The first-order valence-electron chi connectivity index (χ1n) is 7.59. The number of allylic oxidation sites excluding steroid dienone is 2. The molecule has 134 valence electrons. The fraction of sp³-hybridized carbons (Fsp3) is 0.118. The first kappa shape index (κ1) is 19.5. The second-order valence-electron chi connectivity index (χ2n) is 5.20. The van der Waals surface area contributed by atoms with Crippen molar-refractivity contribution in [3.8, 4) is 0 Å². The van der Waals surface area contributed by atoms with Gasteiger partial charge in [-0.2, -0.15) is 5.10 Å². The lowest BCUT2D eigenvalue weighted by molar-refractivity contribution is -0.393. The minimum atomic E-state index is -0.689. The van der Waals surface area contributed by atoms with Crippen molar-refractivity contribution >= 4 is 45.9 Å². The molecule has 2 rings (SSSR count). The molecule has 9 heteroatoms. The smallest absolute Gasteiger partial charge is 0.272 e. The van der Waals surface area contributed by atoms with Crippen molar-refractivity contribution in [2.75, 3.05) is 5.43 Å². The molecule has 0 aliphatic carbocycles. The Bertz CT molecular complexity index is 853. The molecule has 8 nitrogen and oxygen atoms in total. The summed E-state index contributed by atoms with van der Waals surface area (Å²) in [7, 11) is 0. The van der Waals surface area contributed by atoms with Crippen LogP contribution in [-0.4, -0.2) is 16.1 Å². The Kier molecular flexibility index (Phi) is 7.21. The Labute approximate surface area is 163 Å². The van der Waals surface area contributed by atoms with Crippen LogP contribution in [0.4, 0.5) is 17.1 Å². The Morgan fingerprint density at radius 1 is 1.12 bits per heavy atom. The van der Waals surface area contributed by atoms with Gasteiger partial charge in [-0.05, 0) is 47.1 Å². The highest BCUT2D eigenvalue weighted by atomic mass is 127. The summed E-state index contributed by atoms with van der Waals surface area (Å²) in [4.78, 5) is 20.4. The molecule has 2 aromatic carbocycles. The molecule has 0 aliphatic heterocycles. The fourth-order valence-electron chi connectivity index (χ4n) is 2.12. The van der Waals surface area contributed by atoms with Gasteiger partial charge in [-0.25, -0.2) is 0 Å². The van der Waals surface area contributed by atoms with E-state index >= 15 is 0 Å². The Morgan fingerprint density at radius 2 is 1.85 bits per heavy atom. The topological polar surface area (TPSA) is 111 Å². The number of nitrogens with zero attached hydrogens (tertiary/aromatic N) is 3. The van der Waals surface area contributed by atoms with Crippen LogP contribution in [0, 0.1) is 20.2 Å². The van der Waals surface area contributed by atoms with E-state index in [1.807, 2.05) is 24.3 Å². The summed E-state index contributed by atoms with van der Waals surface area (Å²) >= 11 is 2.11. The highest BCUT2D eigenvalue weighted by molar-refractivity contribution is 14.1. The maximum atomic E-state index is 11.0. The van der Waals surface area contributed by atoms with E-state index in [0.29, 0.717) is 0 Å². The standard InChI is InChI=1S/C17H15IN4O4/c18-14(8-4-7-13-5-2-1-3-6-13)12-19-20-16-10-9-15(21(23)24)11-17(16)22(25)26/h1-3,5-6,8-12,20H,4,7H2/b14-8-,19-12+. The number of nitro benzene ring substituents is 2. The SMILES string of the molecule is O=[N+]([O-])c1ccc(N/N=C/C(I)=C/CCc2ccccc2)c([N+](=O)[O-])c1. The molecule has 0 amide bonds. The predicted octanol–water partition coefficient (Wildman–Crippen LogP) is 4.85. The summed E-state index contributed by atoms with van der Waals surface area (Å²) in [5.74, 6) is 0. The van der Waals surface area contributed by atoms with Crippen molar-refractivity contribution < 1.29 is 9.85 Å². The molecule has 1 N–H and O–H groups in total. The van der Waals surface area contributed by atoms with Crippen molar-refractivity contribution in [3.63, 3.8) is 0 Å². The number of halogens is 1. The van der Waals surface area contributed by atoms with Gasteiger partial charge in [-0.1, -0.05) is 36.4 Å². The van der Waals surface area contributed by atoms with Gasteiger partial charge in [0.25, 0.3) is 5.69 Å². The second kappa shape index (κ2) is 9.61. The molecule has 26 heavy (non-hydrogen) atoms. The van der Waals surface area contributed by atoms with Gasteiger partial charge in [-0.3, -0.25) is 25.7 Å². The maximum Gasteiger partial charge on any atom is 0.301 e. The lowest BCUT2D eigenvalue weighted by Gasteiger charge is -2.02. The average molecular weight is 466 g/mol. The summed E-state index contributed by atoms with van der Waals surface area (Å²) in [5.41, 5.74) is 3.14. The summed E-state index contributed by atoms with van der Waals surface area (Å²) in [6.45, 7) is 0. The number of non-ortho nitro benzene ring substituents is 1. The van der Waals surface area contributed by atoms with Crippen LogP contribution < -0.4 is 5.43 Å². The van der Waals surface area contributed by atoms with Crippen molar-refractivity contribution in [1.82, 2.24) is 0 Å². The van der Waals surface area contributed by atoms with Crippen LogP contribution in [0.15, 0.2) is 63.3 Å². The molecule has 0 atom stereocenters. The van der Waals surface area contributed by atoms with Crippen LogP contribution in [0.5, 0.6) is 0 Å². The number of benzene rings is 2. The Hall–Kier alpha value is -2.82. The first-order chi connectivity index (χ1) is 12.5. The minimum Gasteiger partial charge on any atom is -0.272 e. The summed E-state index contributed by atoms with van der Waals surface area (Å²) in [5, 5.41) is 25.7. The van der Waals surface area contributed by atoms with Gasteiger partial charge in [-0.15, -0.1) is 0 Å². The number of hydrogen-bond donors (Lipinski definition) is 1. The lowest BCUT2D eigenvalue weighted by Crippen LogP contribution is -1.98. The Balaban J connectivity index is 1.97. The maximum absolute atomic E-state index is 11.0. The van der Waals surface area contributed by atoms with Gasteiger partial charge < -0.3 is 0 Å². The van der Waals surface area contributed by atoms with Crippen molar-refractivity contribution in [2.24, 2.45) is 5.10 Å². The van der Waals surface area contributed by atoms with E-state index in [4.69, 9.17) is 0 Å². The van der Waals surface area contributed by atoms with Crippen molar-refractivity contribution in [1.29, 1.82) is 0 Å². The molecule has 0 spiro atoms. The highest BCUT2D eigenvalue weighted by Crippen LogP contribution is 2.28. The molecule has 0 unspecified atom stereocenters. The van der Waals surface area contributed by atoms with Gasteiger partial charge in [0.1, 0.15) is 5.69 Å². The van der Waals surface area contributed by atoms with Crippen LogP contribution in [-0.2, 0) is 6.42 Å². The summed E-state index contributed by atoms with van der Waals surface area (Å²) < 4.78 is 0.871. The molecular formula is C17H15IN4O4. The lowest BCUT2D eigenvalue weighted by atomic mass is 10.1. The van der Waals surface area contributed by atoms with E-state index in [1.165, 1.54) is 23.9 Å². The predicted molar refractivity (Wildman–Crippen MR) is 109 cm³/mol. The molecule has 0 heterocycles. The number of nitrogens with one attached hydrogen (secondary N) is 1. The van der Waals surface area contributed by atoms with E-state index in [2.05, 4.69) is 45.3 Å². The number of anilines is 1. The quantitative estimate of drug-likeness (QED) is 0.259. The molecule has 0 bridgehead atoms. The third-order valence-corrected chi connectivity index (χ3v) is 4.10. The van der Waals surface area contributed by atoms with Gasteiger partial charge in [0.15, 0.2) is 0 Å². The van der Waals surface area contributed by atoms with E-state index in [-0.39, 0.29) is 11.4 Å². The molecule has 0 aliphatic rings. The van der Waals surface area contributed by atoms with Crippen LogP contribution in [0.1, 0.15) is 12.0 Å². The van der Waals surface area contributed by atoms with Crippen molar-refractivity contribution in [2.45, 2.75) is 12.8 Å². The largest absolute Gasteiger partial charge is 0.301 e. The van der Waals surface area contributed by atoms with Gasteiger partial charge in [0.2, 0.25) is 0 Å².